The van der Waals surface area contributed by atoms with E-state index in [0.29, 0.717) is 24.9 Å². The molecule has 102 valence electrons. The summed E-state index contributed by atoms with van der Waals surface area (Å²) in [4.78, 5) is 7.70. The Hall–Kier alpha value is -1.40. The van der Waals surface area contributed by atoms with Gasteiger partial charge >= 0.3 is 0 Å². The van der Waals surface area contributed by atoms with Crippen molar-refractivity contribution in [3.05, 3.63) is 12.4 Å². The van der Waals surface area contributed by atoms with Gasteiger partial charge in [-0.25, -0.2) is 9.97 Å². The third-order valence-corrected chi connectivity index (χ3v) is 2.15. The van der Waals surface area contributed by atoms with Gasteiger partial charge in [-0.3, -0.25) is 0 Å². The van der Waals surface area contributed by atoms with Gasteiger partial charge in [-0.2, -0.15) is 0 Å². The SMILES string of the molecule is CC.CC1(C)OCC(COc2cc(N)ncn2)O1. The highest BCUT2D eigenvalue weighted by Gasteiger charge is 2.32. The molecule has 0 aliphatic carbocycles. The number of nitrogens with two attached hydrogens (primary N) is 1. The summed E-state index contributed by atoms with van der Waals surface area (Å²) >= 11 is 0. The molecule has 0 saturated carbocycles. The predicted molar refractivity (Wildman–Crippen MR) is 68.2 cm³/mol. The molecule has 1 fully saturated rings. The summed E-state index contributed by atoms with van der Waals surface area (Å²) in [5.41, 5.74) is 5.50. The van der Waals surface area contributed by atoms with Crippen LogP contribution >= 0.6 is 0 Å². The molecule has 2 N–H and O–H groups in total. The number of nitrogens with zero attached hydrogens (tertiary/aromatic N) is 2. The van der Waals surface area contributed by atoms with Gasteiger partial charge in [0.2, 0.25) is 5.88 Å². The lowest BCUT2D eigenvalue weighted by molar-refractivity contribution is -0.141. The molecule has 1 aliphatic heterocycles. The lowest BCUT2D eigenvalue weighted by atomic mass is 10.4. The first-order chi connectivity index (χ1) is 8.55. The van der Waals surface area contributed by atoms with Gasteiger partial charge in [0, 0.05) is 6.07 Å². The van der Waals surface area contributed by atoms with Crippen molar-refractivity contribution in [2.24, 2.45) is 0 Å². The second-order valence-electron chi connectivity index (χ2n) is 4.04. The molecule has 1 saturated heterocycles. The van der Waals surface area contributed by atoms with Crippen LogP contribution in [0.4, 0.5) is 5.82 Å². The van der Waals surface area contributed by atoms with E-state index in [-0.39, 0.29) is 6.10 Å². The van der Waals surface area contributed by atoms with E-state index in [1.807, 2.05) is 27.7 Å². The van der Waals surface area contributed by atoms with E-state index in [1.54, 1.807) is 6.07 Å². The van der Waals surface area contributed by atoms with Crippen molar-refractivity contribution >= 4 is 5.82 Å². The van der Waals surface area contributed by atoms with Crippen molar-refractivity contribution < 1.29 is 14.2 Å². The smallest absolute Gasteiger partial charge is 0.218 e. The second kappa shape index (κ2) is 6.51. The zero-order chi connectivity index (χ0) is 13.6. The standard InChI is InChI=1S/C10H15N3O3.C2H6/c1-10(2)15-5-7(16-10)4-14-9-3-8(11)12-6-13-9;1-2/h3,6-7H,4-5H2,1-2H3,(H2,11,12,13);1-2H3. The average Bonchev–Trinajstić information content (AvgIpc) is 2.69. The van der Waals surface area contributed by atoms with Crippen LogP contribution in [0.25, 0.3) is 0 Å². The molecular weight excluding hydrogens is 234 g/mol. The van der Waals surface area contributed by atoms with Crippen molar-refractivity contribution in [3.63, 3.8) is 0 Å². The highest BCUT2D eigenvalue weighted by molar-refractivity contribution is 5.30. The molecule has 2 rings (SSSR count). The van der Waals surface area contributed by atoms with Crippen LogP contribution in [-0.2, 0) is 9.47 Å². The first-order valence-electron chi connectivity index (χ1n) is 6.07. The summed E-state index contributed by atoms with van der Waals surface area (Å²) < 4.78 is 16.4. The van der Waals surface area contributed by atoms with Crippen molar-refractivity contribution in [3.8, 4) is 5.88 Å². The molecule has 1 unspecified atom stereocenters. The van der Waals surface area contributed by atoms with Gasteiger partial charge in [0.25, 0.3) is 0 Å². The van der Waals surface area contributed by atoms with Crippen LogP contribution < -0.4 is 10.5 Å². The minimum Gasteiger partial charge on any atom is -0.475 e. The van der Waals surface area contributed by atoms with E-state index in [0.717, 1.165) is 0 Å². The monoisotopic (exact) mass is 255 g/mol. The first kappa shape index (κ1) is 14.7. The summed E-state index contributed by atoms with van der Waals surface area (Å²) in [5.74, 6) is 0.299. The number of hydrogen-bond acceptors (Lipinski definition) is 6. The third kappa shape index (κ3) is 4.46. The van der Waals surface area contributed by atoms with Crippen molar-refractivity contribution in [2.75, 3.05) is 18.9 Å². The van der Waals surface area contributed by atoms with Crippen molar-refractivity contribution in [2.45, 2.75) is 39.6 Å². The molecule has 1 aromatic rings. The Morgan fingerprint density at radius 3 is 2.72 bits per heavy atom. The van der Waals surface area contributed by atoms with Gasteiger partial charge < -0.3 is 19.9 Å². The van der Waals surface area contributed by atoms with Crippen LogP contribution in [0.3, 0.4) is 0 Å². The van der Waals surface area contributed by atoms with Crippen molar-refractivity contribution in [1.29, 1.82) is 0 Å². The first-order valence-corrected chi connectivity index (χ1v) is 6.07. The van der Waals surface area contributed by atoms with Crippen LogP contribution in [0.5, 0.6) is 5.88 Å². The number of aromatic nitrogens is 2. The molecule has 2 heterocycles. The van der Waals surface area contributed by atoms with Crippen molar-refractivity contribution in [1.82, 2.24) is 9.97 Å². The third-order valence-electron chi connectivity index (χ3n) is 2.15. The fraction of sp³-hybridized carbons (Fsp3) is 0.667. The Labute approximate surface area is 107 Å². The van der Waals surface area contributed by atoms with E-state index in [4.69, 9.17) is 19.9 Å². The molecule has 1 atom stereocenters. The molecule has 0 radical (unpaired) electrons. The van der Waals surface area contributed by atoms with E-state index in [1.165, 1.54) is 6.33 Å². The molecule has 0 bridgehead atoms. The number of ether oxygens (including phenoxy) is 3. The zero-order valence-electron chi connectivity index (χ0n) is 11.3. The Morgan fingerprint density at radius 1 is 1.44 bits per heavy atom. The maximum absolute atomic E-state index is 5.58. The van der Waals surface area contributed by atoms with E-state index >= 15 is 0 Å². The van der Waals surface area contributed by atoms with E-state index < -0.39 is 5.79 Å². The molecule has 6 nitrogen and oxygen atoms in total. The molecule has 1 aromatic heterocycles. The molecule has 0 amide bonds. The average molecular weight is 255 g/mol. The Kier molecular flexibility index (Phi) is 5.30. The number of nitrogen functional groups attached to an aromatic ring is 1. The highest BCUT2D eigenvalue weighted by atomic mass is 16.7. The molecule has 1 aliphatic rings. The van der Waals surface area contributed by atoms with Gasteiger partial charge in [0.05, 0.1) is 6.61 Å². The van der Waals surface area contributed by atoms with Crippen LogP contribution in [0, 0.1) is 0 Å². The maximum Gasteiger partial charge on any atom is 0.218 e. The van der Waals surface area contributed by atoms with Gasteiger partial charge in [0.1, 0.15) is 24.9 Å². The number of anilines is 1. The zero-order valence-corrected chi connectivity index (χ0v) is 11.3. The Balaban J connectivity index is 0.000000771. The maximum atomic E-state index is 5.58. The molecular formula is C12H21N3O3. The van der Waals surface area contributed by atoms with Gasteiger partial charge in [-0.15, -0.1) is 0 Å². The number of rotatable bonds is 3. The van der Waals surface area contributed by atoms with Crippen LogP contribution in [0.15, 0.2) is 12.4 Å². The van der Waals surface area contributed by atoms with Gasteiger partial charge in [-0.05, 0) is 13.8 Å². The van der Waals surface area contributed by atoms with Crippen LogP contribution in [-0.4, -0.2) is 35.1 Å². The fourth-order valence-corrected chi connectivity index (χ4v) is 1.46. The molecule has 0 spiro atoms. The molecule has 0 aromatic carbocycles. The van der Waals surface area contributed by atoms with Gasteiger partial charge in [-0.1, -0.05) is 13.8 Å². The summed E-state index contributed by atoms with van der Waals surface area (Å²) in [6, 6.07) is 1.57. The molecule has 6 heteroatoms. The highest BCUT2D eigenvalue weighted by Crippen LogP contribution is 2.22. The van der Waals surface area contributed by atoms with E-state index in [2.05, 4.69) is 9.97 Å². The summed E-state index contributed by atoms with van der Waals surface area (Å²) in [5, 5.41) is 0. The fourth-order valence-electron chi connectivity index (χ4n) is 1.46. The van der Waals surface area contributed by atoms with Crippen LogP contribution in [0.2, 0.25) is 0 Å². The summed E-state index contributed by atoms with van der Waals surface area (Å²) in [7, 11) is 0. The molecule has 18 heavy (non-hydrogen) atoms. The topological polar surface area (TPSA) is 79.5 Å². The van der Waals surface area contributed by atoms with Crippen LogP contribution in [0.1, 0.15) is 27.7 Å². The summed E-state index contributed by atoms with van der Waals surface area (Å²) in [6.45, 7) is 8.65. The normalized spacial score (nSPS) is 21.0. The van der Waals surface area contributed by atoms with E-state index in [9.17, 15) is 0 Å². The minimum atomic E-state index is -0.529. The lowest BCUT2D eigenvalue weighted by Gasteiger charge is -2.17. The summed E-state index contributed by atoms with van der Waals surface area (Å²) in [6.07, 6.45) is 1.28. The Morgan fingerprint density at radius 2 is 2.17 bits per heavy atom. The van der Waals surface area contributed by atoms with Gasteiger partial charge in [0.15, 0.2) is 5.79 Å². The number of hydrogen-bond donors (Lipinski definition) is 1. The quantitative estimate of drug-likeness (QED) is 0.884. The lowest BCUT2D eigenvalue weighted by Crippen LogP contribution is -2.25. The largest absolute Gasteiger partial charge is 0.475 e. The Bertz CT molecular complexity index is 371. The minimum absolute atomic E-state index is 0.0776. The predicted octanol–water partition coefficient (Wildman–Crippen LogP) is 1.62. The second-order valence-corrected chi connectivity index (χ2v) is 4.04.